The van der Waals surface area contributed by atoms with E-state index in [-0.39, 0.29) is 5.38 Å². The van der Waals surface area contributed by atoms with Gasteiger partial charge in [-0.1, -0.05) is 18.2 Å². The van der Waals surface area contributed by atoms with E-state index in [9.17, 15) is 13.2 Å². The van der Waals surface area contributed by atoms with E-state index in [2.05, 4.69) is 0 Å². The van der Waals surface area contributed by atoms with Gasteiger partial charge in [0.15, 0.2) is 0 Å². The maximum Gasteiger partial charge on any atom is 0.416 e. The highest BCUT2D eigenvalue weighted by molar-refractivity contribution is 7.10. The zero-order valence-corrected chi connectivity index (χ0v) is 10.8. The molecular weight excluding hydrogens is 281 g/mol. The van der Waals surface area contributed by atoms with Crippen molar-refractivity contribution in [2.75, 3.05) is 0 Å². The third-order valence-corrected chi connectivity index (χ3v) is 4.05. The van der Waals surface area contributed by atoms with Crippen molar-refractivity contribution in [3.05, 3.63) is 57.8 Å². The Morgan fingerprint density at radius 2 is 1.78 bits per heavy atom. The van der Waals surface area contributed by atoms with Gasteiger partial charge in [0.05, 0.1) is 10.9 Å². The van der Waals surface area contributed by atoms with Crippen molar-refractivity contribution in [1.82, 2.24) is 0 Å². The van der Waals surface area contributed by atoms with Gasteiger partial charge < -0.3 is 0 Å². The normalized spacial score (nSPS) is 13.6. The molecular formula is C13H10ClF3S. The van der Waals surface area contributed by atoms with Crippen molar-refractivity contribution < 1.29 is 13.2 Å². The van der Waals surface area contributed by atoms with Gasteiger partial charge in [0.2, 0.25) is 0 Å². The number of rotatable bonds is 3. The lowest BCUT2D eigenvalue weighted by Crippen LogP contribution is -2.04. The van der Waals surface area contributed by atoms with Crippen LogP contribution in [-0.4, -0.2) is 0 Å². The molecule has 0 aliphatic rings. The minimum atomic E-state index is -4.29. The second-order valence-corrected chi connectivity index (χ2v) is 5.39. The van der Waals surface area contributed by atoms with Crippen LogP contribution in [-0.2, 0) is 12.6 Å². The number of alkyl halides is 4. The monoisotopic (exact) mass is 290 g/mol. The first-order valence-corrected chi connectivity index (χ1v) is 6.62. The molecule has 0 aliphatic carbocycles. The van der Waals surface area contributed by atoms with Gasteiger partial charge in [0, 0.05) is 4.88 Å². The van der Waals surface area contributed by atoms with Gasteiger partial charge in [-0.3, -0.25) is 0 Å². The van der Waals surface area contributed by atoms with Crippen LogP contribution < -0.4 is 0 Å². The van der Waals surface area contributed by atoms with Crippen LogP contribution in [0, 0.1) is 0 Å². The molecule has 2 aromatic rings. The van der Waals surface area contributed by atoms with Crippen LogP contribution in [0.1, 0.15) is 21.4 Å². The van der Waals surface area contributed by atoms with E-state index in [1.54, 1.807) is 11.3 Å². The largest absolute Gasteiger partial charge is 0.416 e. The predicted molar refractivity (Wildman–Crippen MR) is 68.1 cm³/mol. The molecule has 0 saturated heterocycles. The van der Waals surface area contributed by atoms with Gasteiger partial charge in [0.1, 0.15) is 0 Å². The number of benzene rings is 1. The van der Waals surface area contributed by atoms with Crippen molar-refractivity contribution in [2.24, 2.45) is 0 Å². The Morgan fingerprint density at radius 3 is 2.28 bits per heavy atom. The maximum atomic E-state index is 12.4. The molecule has 1 aromatic heterocycles. The Labute approximate surface area is 112 Å². The molecule has 0 saturated carbocycles. The summed E-state index contributed by atoms with van der Waals surface area (Å²) in [5, 5.41) is 1.74. The van der Waals surface area contributed by atoms with Crippen LogP contribution in [0.2, 0.25) is 0 Å². The minimum absolute atomic E-state index is 0.193. The fourth-order valence-electron chi connectivity index (χ4n) is 1.61. The molecule has 0 amide bonds. The second-order valence-electron chi connectivity index (χ2n) is 3.88. The Balaban J connectivity index is 2.07. The lowest BCUT2D eigenvalue weighted by Gasteiger charge is -2.10. The molecule has 0 fully saturated rings. The Kier molecular flexibility index (Phi) is 3.97. The number of halogens is 4. The molecule has 96 valence electrons. The zero-order chi connectivity index (χ0) is 13.2. The summed E-state index contributed by atoms with van der Waals surface area (Å²) in [5.41, 5.74) is 0.171. The topological polar surface area (TPSA) is 0 Å². The molecule has 1 aromatic carbocycles. The summed E-state index contributed by atoms with van der Waals surface area (Å²) in [7, 11) is 0. The number of thiophene rings is 1. The van der Waals surface area contributed by atoms with E-state index in [1.807, 2.05) is 17.5 Å². The molecule has 0 N–H and O–H groups in total. The Bertz CT molecular complexity index is 488. The fraction of sp³-hybridized carbons (Fsp3) is 0.231. The quantitative estimate of drug-likeness (QED) is 0.674. The molecule has 0 radical (unpaired) electrons. The second kappa shape index (κ2) is 5.33. The molecule has 1 heterocycles. The van der Waals surface area contributed by atoms with Gasteiger partial charge in [-0.15, -0.1) is 22.9 Å². The summed E-state index contributed by atoms with van der Waals surface area (Å²) in [4.78, 5) is 1.02. The first-order valence-electron chi connectivity index (χ1n) is 5.30. The summed E-state index contributed by atoms with van der Waals surface area (Å²) in [5.74, 6) is 0. The summed E-state index contributed by atoms with van der Waals surface area (Å²) < 4.78 is 37.1. The SMILES string of the molecule is FC(F)(F)c1ccc(CC(Cl)c2cccs2)cc1. The number of hydrogen-bond acceptors (Lipinski definition) is 1. The van der Waals surface area contributed by atoms with Gasteiger partial charge in [0.25, 0.3) is 0 Å². The van der Waals surface area contributed by atoms with Gasteiger partial charge in [-0.05, 0) is 35.6 Å². The molecule has 18 heavy (non-hydrogen) atoms. The lowest BCUT2D eigenvalue weighted by atomic mass is 10.1. The van der Waals surface area contributed by atoms with Gasteiger partial charge in [-0.25, -0.2) is 0 Å². The van der Waals surface area contributed by atoms with Crippen LogP contribution in [0.4, 0.5) is 13.2 Å². The van der Waals surface area contributed by atoms with E-state index < -0.39 is 11.7 Å². The van der Waals surface area contributed by atoms with Crippen molar-refractivity contribution in [3.63, 3.8) is 0 Å². The maximum absolute atomic E-state index is 12.4. The average molecular weight is 291 g/mol. The highest BCUT2D eigenvalue weighted by Crippen LogP contribution is 2.31. The summed E-state index contributed by atoms with van der Waals surface area (Å²) in [6.07, 6.45) is -3.76. The molecule has 1 unspecified atom stereocenters. The van der Waals surface area contributed by atoms with Crippen LogP contribution >= 0.6 is 22.9 Å². The van der Waals surface area contributed by atoms with Crippen molar-refractivity contribution in [2.45, 2.75) is 18.0 Å². The number of hydrogen-bond donors (Lipinski definition) is 0. The molecule has 0 aliphatic heterocycles. The third kappa shape index (κ3) is 3.27. The van der Waals surface area contributed by atoms with Crippen molar-refractivity contribution in [3.8, 4) is 0 Å². The van der Waals surface area contributed by atoms with E-state index in [0.29, 0.717) is 6.42 Å². The predicted octanol–water partition coefficient (Wildman–Crippen LogP) is 5.29. The highest BCUT2D eigenvalue weighted by Gasteiger charge is 2.29. The fourth-order valence-corrected chi connectivity index (χ4v) is 2.71. The highest BCUT2D eigenvalue weighted by atomic mass is 35.5. The molecule has 1 atom stereocenters. The first kappa shape index (κ1) is 13.4. The van der Waals surface area contributed by atoms with Crippen LogP contribution in [0.25, 0.3) is 0 Å². The average Bonchev–Trinajstić information content (AvgIpc) is 2.82. The Morgan fingerprint density at radius 1 is 1.11 bits per heavy atom. The molecule has 0 bridgehead atoms. The van der Waals surface area contributed by atoms with Crippen LogP contribution in [0.5, 0.6) is 0 Å². The van der Waals surface area contributed by atoms with E-state index in [0.717, 1.165) is 22.6 Å². The van der Waals surface area contributed by atoms with Crippen LogP contribution in [0.3, 0.4) is 0 Å². The molecule has 0 nitrogen and oxygen atoms in total. The zero-order valence-electron chi connectivity index (χ0n) is 9.25. The molecule has 2 rings (SSSR count). The van der Waals surface area contributed by atoms with Gasteiger partial charge in [-0.2, -0.15) is 13.2 Å². The lowest BCUT2D eigenvalue weighted by molar-refractivity contribution is -0.137. The van der Waals surface area contributed by atoms with Gasteiger partial charge >= 0.3 is 6.18 Å². The first-order chi connectivity index (χ1) is 8.47. The van der Waals surface area contributed by atoms with Crippen molar-refractivity contribution >= 4 is 22.9 Å². The van der Waals surface area contributed by atoms with Crippen molar-refractivity contribution in [1.29, 1.82) is 0 Å². The summed E-state index contributed by atoms with van der Waals surface area (Å²) in [6.45, 7) is 0. The third-order valence-electron chi connectivity index (χ3n) is 2.55. The smallest absolute Gasteiger partial charge is 0.166 e. The molecule has 0 spiro atoms. The minimum Gasteiger partial charge on any atom is -0.166 e. The summed E-state index contributed by atoms with van der Waals surface area (Å²) in [6, 6.07) is 8.97. The van der Waals surface area contributed by atoms with E-state index in [1.165, 1.54) is 12.1 Å². The molecule has 5 heteroatoms. The summed E-state index contributed by atoms with van der Waals surface area (Å²) >= 11 is 7.75. The van der Waals surface area contributed by atoms with E-state index >= 15 is 0 Å². The van der Waals surface area contributed by atoms with Crippen LogP contribution in [0.15, 0.2) is 41.8 Å². The standard InChI is InChI=1S/C13H10ClF3S/c14-11(12-2-1-7-18-12)8-9-3-5-10(6-4-9)13(15,16)17/h1-7,11H,8H2. The Hall–Kier alpha value is -1.00. The van der Waals surface area contributed by atoms with E-state index in [4.69, 9.17) is 11.6 Å².